The molecule has 112 valence electrons. The van der Waals surface area contributed by atoms with E-state index in [4.69, 9.17) is 4.74 Å². The van der Waals surface area contributed by atoms with Gasteiger partial charge in [-0.25, -0.2) is 0 Å². The SMILES string of the molecule is O=C(C1CNc2ccccc2C1)N1CCOC2CCCC21. The van der Waals surface area contributed by atoms with Crippen molar-refractivity contribution in [3.63, 3.8) is 0 Å². The Morgan fingerprint density at radius 1 is 1.29 bits per heavy atom. The van der Waals surface area contributed by atoms with Crippen LogP contribution in [-0.4, -0.2) is 42.6 Å². The molecule has 21 heavy (non-hydrogen) atoms. The lowest BCUT2D eigenvalue weighted by molar-refractivity contribution is -0.148. The van der Waals surface area contributed by atoms with E-state index in [1.165, 1.54) is 17.7 Å². The Morgan fingerprint density at radius 2 is 2.19 bits per heavy atom. The topological polar surface area (TPSA) is 41.6 Å². The van der Waals surface area contributed by atoms with Crippen molar-refractivity contribution in [1.82, 2.24) is 4.90 Å². The highest BCUT2D eigenvalue weighted by Crippen LogP contribution is 2.32. The van der Waals surface area contributed by atoms with Crippen LogP contribution in [0.15, 0.2) is 24.3 Å². The van der Waals surface area contributed by atoms with Crippen LogP contribution in [0.2, 0.25) is 0 Å². The number of carbonyl (C=O) groups is 1. The number of ether oxygens (including phenoxy) is 1. The monoisotopic (exact) mass is 286 g/mol. The van der Waals surface area contributed by atoms with E-state index in [1.54, 1.807) is 0 Å². The van der Waals surface area contributed by atoms with Crippen molar-refractivity contribution in [2.75, 3.05) is 25.0 Å². The van der Waals surface area contributed by atoms with Crippen LogP contribution < -0.4 is 5.32 Å². The van der Waals surface area contributed by atoms with Crippen LogP contribution in [0.25, 0.3) is 0 Å². The number of amides is 1. The number of anilines is 1. The molecule has 1 N–H and O–H groups in total. The average molecular weight is 286 g/mol. The van der Waals surface area contributed by atoms with Gasteiger partial charge in [-0.3, -0.25) is 4.79 Å². The summed E-state index contributed by atoms with van der Waals surface area (Å²) in [5.74, 6) is 0.386. The van der Waals surface area contributed by atoms with Gasteiger partial charge in [0.25, 0.3) is 0 Å². The molecule has 1 aromatic rings. The number of rotatable bonds is 1. The number of fused-ring (bicyclic) bond motifs is 2. The molecule has 2 aliphatic heterocycles. The lowest BCUT2D eigenvalue weighted by Crippen LogP contribution is -2.54. The normalized spacial score (nSPS) is 31.2. The van der Waals surface area contributed by atoms with E-state index < -0.39 is 0 Å². The van der Waals surface area contributed by atoms with Crippen molar-refractivity contribution < 1.29 is 9.53 Å². The molecular weight excluding hydrogens is 264 g/mol. The fourth-order valence-corrected chi connectivity index (χ4v) is 4.05. The molecular formula is C17H22N2O2. The molecule has 2 heterocycles. The molecule has 4 rings (SSSR count). The number of morpholine rings is 1. The first-order chi connectivity index (χ1) is 10.3. The molecule has 1 amide bonds. The minimum Gasteiger partial charge on any atom is -0.384 e. The number of carbonyl (C=O) groups excluding carboxylic acids is 1. The van der Waals surface area contributed by atoms with E-state index in [0.717, 1.165) is 32.4 Å². The Labute approximate surface area is 125 Å². The Balaban J connectivity index is 1.50. The summed E-state index contributed by atoms with van der Waals surface area (Å²) in [6.45, 7) is 2.21. The van der Waals surface area contributed by atoms with Gasteiger partial charge in [0.05, 0.1) is 24.7 Å². The van der Waals surface area contributed by atoms with Crippen molar-refractivity contribution in [2.45, 2.75) is 37.8 Å². The molecule has 4 nitrogen and oxygen atoms in total. The van der Waals surface area contributed by atoms with Gasteiger partial charge in [0.15, 0.2) is 0 Å². The van der Waals surface area contributed by atoms with Gasteiger partial charge in [0.1, 0.15) is 0 Å². The highest BCUT2D eigenvalue weighted by atomic mass is 16.5. The number of para-hydroxylation sites is 1. The van der Waals surface area contributed by atoms with E-state index >= 15 is 0 Å². The van der Waals surface area contributed by atoms with E-state index in [0.29, 0.717) is 18.6 Å². The average Bonchev–Trinajstić information content (AvgIpc) is 3.02. The molecule has 0 spiro atoms. The Hall–Kier alpha value is -1.55. The number of hydrogen-bond acceptors (Lipinski definition) is 3. The van der Waals surface area contributed by atoms with Gasteiger partial charge >= 0.3 is 0 Å². The standard InChI is InChI=1S/C17H22N2O2/c20-17(19-8-9-21-16-7-3-6-15(16)19)13-10-12-4-1-2-5-14(12)18-11-13/h1-2,4-5,13,15-16,18H,3,6-11H2. The first kappa shape index (κ1) is 13.1. The molecule has 4 heteroatoms. The van der Waals surface area contributed by atoms with Crippen LogP contribution in [0, 0.1) is 5.92 Å². The summed E-state index contributed by atoms with van der Waals surface area (Å²) < 4.78 is 5.82. The Kier molecular flexibility index (Phi) is 3.34. The number of nitrogens with one attached hydrogen (secondary N) is 1. The summed E-state index contributed by atoms with van der Waals surface area (Å²) in [5, 5.41) is 3.41. The second-order valence-corrected chi connectivity index (χ2v) is 6.38. The fourth-order valence-electron chi connectivity index (χ4n) is 4.05. The third-order valence-electron chi connectivity index (χ3n) is 5.14. The molecule has 1 aromatic carbocycles. The van der Waals surface area contributed by atoms with Crippen LogP contribution in [0.5, 0.6) is 0 Å². The summed E-state index contributed by atoms with van der Waals surface area (Å²) >= 11 is 0. The molecule has 3 unspecified atom stereocenters. The smallest absolute Gasteiger partial charge is 0.228 e. The van der Waals surface area contributed by atoms with Crippen LogP contribution in [0.4, 0.5) is 5.69 Å². The van der Waals surface area contributed by atoms with Gasteiger partial charge in [-0.1, -0.05) is 18.2 Å². The van der Waals surface area contributed by atoms with E-state index in [9.17, 15) is 4.79 Å². The fraction of sp³-hybridized carbons (Fsp3) is 0.588. The minimum absolute atomic E-state index is 0.0688. The zero-order chi connectivity index (χ0) is 14.2. The van der Waals surface area contributed by atoms with Crippen molar-refractivity contribution in [2.24, 2.45) is 5.92 Å². The zero-order valence-corrected chi connectivity index (χ0v) is 12.3. The largest absolute Gasteiger partial charge is 0.384 e. The maximum absolute atomic E-state index is 12.9. The molecule has 1 saturated carbocycles. The summed E-state index contributed by atoms with van der Waals surface area (Å²) in [6.07, 6.45) is 4.54. The van der Waals surface area contributed by atoms with Gasteiger partial charge in [-0.05, 0) is 37.3 Å². The molecule has 3 aliphatic rings. The highest BCUT2D eigenvalue weighted by Gasteiger charge is 2.40. The van der Waals surface area contributed by atoms with Crippen molar-refractivity contribution in [3.05, 3.63) is 29.8 Å². The number of benzene rings is 1. The summed E-state index contributed by atoms with van der Waals surface area (Å²) in [6, 6.07) is 8.63. The van der Waals surface area contributed by atoms with Gasteiger partial charge in [0.2, 0.25) is 5.91 Å². The number of nitrogens with zero attached hydrogens (tertiary/aromatic N) is 1. The van der Waals surface area contributed by atoms with Gasteiger partial charge in [-0.15, -0.1) is 0 Å². The Bertz CT molecular complexity index is 545. The lowest BCUT2D eigenvalue weighted by Gasteiger charge is -2.40. The molecule has 0 aromatic heterocycles. The first-order valence-electron chi connectivity index (χ1n) is 8.07. The summed E-state index contributed by atoms with van der Waals surface area (Å²) in [5.41, 5.74) is 2.45. The second kappa shape index (κ2) is 5.34. The predicted octanol–water partition coefficient (Wildman–Crippen LogP) is 2.05. The van der Waals surface area contributed by atoms with Crippen molar-refractivity contribution in [1.29, 1.82) is 0 Å². The predicted molar refractivity (Wildman–Crippen MR) is 81.2 cm³/mol. The molecule has 1 saturated heterocycles. The lowest BCUT2D eigenvalue weighted by atomic mass is 9.92. The van der Waals surface area contributed by atoms with E-state index in [-0.39, 0.29) is 12.0 Å². The van der Waals surface area contributed by atoms with Crippen molar-refractivity contribution >= 4 is 11.6 Å². The third-order valence-corrected chi connectivity index (χ3v) is 5.14. The molecule has 2 fully saturated rings. The molecule has 1 aliphatic carbocycles. The summed E-state index contributed by atoms with van der Waals surface area (Å²) in [4.78, 5) is 15.0. The molecule has 3 atom stereocenters. The van der Waals surface area contributed by atoms with Crippen LogP contribution in [-0.2, 0) is 16.0 Å². The van der Waals surface area contributed by atoms with Crippen LogP contribution >= 0.6 is 0 Å². The number of hydrogen-bond donors (Lipinski definition) is 1. The van der Waals surface area contributed by atoms with Crippen LogP contribution in [0.1, 0.15) is 24.8 Å². The van der Waals surface area contributed by atoms with Gasteiger partial charge in [0, 0.05) is 18.8 Å². The second-order valence-electron chi connectivity index (χ2n) is 6.38. The molecule has 0 bridgehead atoms. The van der Waals surface area contributed by atoms with Crippen LogP contribution in [0.3, 0.4) is 0 Å². The maximum atomic E-state index is 12.9. The third kappa shape index (κ3) is 2.31. The summed E-state index contributed by atoms with van der Waals surface area (Å²) in [7, 11) is 0. The zero-order valence-electron chi connectivity index (χ0n) is 12.3. The minimum atomic E-state index is 0.0688. The van der Waals surface area contributed by atoms with E-state index in [2.05, 4.69) is 28.4 Å². The van der Waals surface area contributed by atoms with Crippen molar-refractivity contribution in [3.8, 4) is 0 Å². The quantitative estimate of drug-likeness (QED) is 0.859. The van der Waals surface area contributed by atoms with Gasteiger partial charge < -0.3 is 15.0 Å². The highest BCUT2D eigenvalue weighted by molar-refractivity contribution is 5.81. The molecule has 0 radical (unpaired) electrons. The van der Waals surface area contributed by atoms with Gasteiger partial charge in [-0.2, -0.15) is 0 Å². The Morgan fingerprint density at radius 3 is 3.14 bits per heavy atom. The maximum Gasteiger partial charge on any atom is 0.228 e. The first-order valence-corrected chi connectivity index (χ1v) is 8.07. The van der Waals surface area contributed by atoms with E-state index in [1.807, 2.05) is 6.07 Å².